The highest BCUT2D eigenvalue weighted by Gasteiger charge is 2.23. The number of hydrogen-bond donors (Lipinski definition) is 2. The van der Waals surface area contributed by atoms with Crippen molar-refractivity contribution in [1.82, 2.24) is 5.32 Å². The van der Waals surface area contributed by atoms with Crippen LogP contribution in [-0.4, -0.2) is 13.1 Å². The van der Waals surface area contributed by atoms with Crippen LogP contribution in [0.1, 0.15) is 30.0 Å². The van der Waals surface area contributed by atoms with Crippen molar-refractivity contribution in [2.24, 2.45) is 11.7 Å². The lowest BCUT2D eigenvalue weighted by Crippen LogP contribution is -2.34. The molecule has 1 aliphatic rings. The van der Waals surface area contributed by atoms with E-state index in [0.29, 0.717) is 11.5 Å². The second-order valence-corrected chi connectivity index (χ2v) is 4.64. The van der Waals surface area contributed by atoms with Gasteiger partial charge >= 0.3 is 0 Å². The number of rotatable bonds is 2. The largest absolute Gasteiger partial charge is 0.324 e. The highest BCUT2D eigenvalue weighted by Crippen LogP contribution is 2.28. The van der Waals surface area contributed by atoms with Gasteiger partial charge < -0.3 is 11.1 Å². The predicted octanol–water partition coefficient (Wildman–Crippen LogP) is 2.56. The van der Waals surface area contributed by atoms with E-state index in [1.807, 2.05) is 13.0 Å². The molecule has 0 bridgehead atoms. The molecule has 0 aromatic heterocycles. The van der Waals surface area contributed by atoms with Crippen molar-refractivity contribution in [2.75, 3.05) is 13.1 Å². The summed E-state index contributed by atoms with van der Waals surface area (Å²) < 4.78 is 13.7. The monoisotopic (exact) mass is 258 g/mol. The summed E-state index contributed by atoms with van der Waals surface area (Å²) in [5.41, 5.74) is 7.91. The molecule has 1 aromatic carbocycles. The van der Waals surface area contributed by atoms with E-state index in [0.717, 1.165) is 31.5 Å². The molecule has 0 spiro atoms. The summed E-state index contributed by atoms with van der Waals surface area (Å²) in [5.74, 6) is 0.231. The average molecular weight is 259 g/mol. The normalized spacial score (nSPS) is 18.5. The second-order valence-electron chi connectivity index (χ2n) is 4.64. The summed E-state index contributed by atoms with van der Waals surface area (Å²) in [6.07, 6.45) is 2.07. The fourth-order valence-corrected chi connectivity index (χ4v) is 2.38. The summed E-state index contributed by atoms with van der Waals surface area (Å²) in [6, 6.07) is 5.02. The highest BCUT2D eigenvalue weighted by molar-refractivity contribution is 5.85. The van der Waals surface area contributed by atoms with Crippen molar-refractivity contribution in [1.29, 1.82) is 0 Å². The highest BCUT2D eigenvalue weighted by atomic mass is 35.5. The van der Waals surface area contributed by atoms with Gasteiger partial charge in [0, 0.05) is 11.6 Å². The quantitative estimate of drug-likeness (QED) is 0.856. The molecule has 4 heteroatoms. The van der Waals surface area contributed by atoms with Crippen molar-refractivity contribution in [3.8, 4) is 0 Å². The summed E-state index contributed by atoms with van der Waals surface area (Å²) >= 11 is 0. The third-order valence-corrected chi connectivity index (χ3v) is 3.40. The molecule has 2 nitrogen and oxygen atoms in total. The number of nitrogens with one attached hydrogen (secondary N) is 1. The van der Waals surface area contributed by atoms with Gasteiger partial charge in [-0.15, -0.1) is 12.4 Å². The van der Waals surface area contributed by atoms with E-state index in [9.17, 15) is 4.39 Å². The van der Waals surface area contributed by atoms with Gasteiger partial charge in [0.25, 0.3) is 0 Å². The molecule has 1 saturated heterocycles. The van der Waals surface area contributed by atoms with Crippen molar-refractivity contribution < 1.29 is 4.39 Å². The van der Waals surface area contributed by atoms with E-state index in [1.54, 1.807) is 6.07 Å². The Labute approximate surface area is 108 Å². The zero-order valence-corrected chi connectivity index (χ0v) is 10.9. The molecule has 0 aliphatic carbocycles. The zero-order chi connectivity index (χ0) is 11.5. The summed E-state index contributed by atoms with van der Waals surface area (Å²) in [6.45, 7) is 3.95. The fraction of sp³-hybridized carbons (Fsp3) is 0.538. The third-order valence-electron chi connectivity index (χ3n) is 3.40. The van der Waals surface area contributed by atoms with Gasteiger partial charge in [0.1, 0.15) is 5.82 Å². The van der Waals surface area contributed by atoms with Gasteiger partial charge in [0.15, 0.2) is 0 Å². The predicted molar refractivity (Wildman–Crippen MR) is 70.9 cm³/mol. The van der Waals surface area contributed by atoms with E-state index in [1.165, 1.54) is 6.07 Å². The van der Waals surface area contributed by atoms with Crippen LogP contribution < -0.4 is 11.1 Å². The molecule has 1 fully saturated rings. The van der Waals surface area contributed by atoms with Crippen LogP contribution in [0.5, 0.6) is 0 Å². The minimum Gasteiger partial charge on any atom is -0.324 e. The van der Waals surface area contributed by atoms with Crippen LogP contribution in [0, 0.1) is 18.7 Å². The molecule has 1 aliphatic heterocycles. The molecule has 0 radical (unpaired) electrons. The van der Waals surface area contributed by atoms with Gasteiger partial charge in [-0.3, -0.25) is 0 Å². The van der Waals surface area contributed by atoms with Crippen LogP contribution in [0.25, 0.3) is 0 Å². The first-order chi connectivity index (χ1) is 7.68. The maximum atomic E-state index is 13.7. The zero-order valence-electron chi connectivity index (χ0n) is 10.1. The van der Waals surface area contributed by atoms with E-state index in [2.05, 4.69) is 5.32 Å². The molecule has 1 atom stereocenters. The molecule has 0 unspecified atom stereocenters. The third kappa shape index (κ3) is 3.41. The molecule has 96 valence electrons. The van der Waals surface area contributed by atoms with Crippen molar-refractivity contribution in [3.63, 3.8) is 0 Å². The van der Waals surface area contributed by atoms with Gasteiger partial charge in [0.05, 0.1) is 0 Å². The molecule has 0 amide bonds. The standard InChI is InChI=1S/C13H19FN2.ClH/c1-9-2-3-12(14)11(8-9)13(15)10-4-6-16-7-5-10;/h2-3,8,10,13,16H,4-7,15H2,1H3;1H/t13-;/m1./s1. The second kappa shape index (κ2) is 6.34. The summed E-state index contributed by atoms with van der Waals surface area (Å²) in [5, 5.41) is 3.30. The maximum absolute atomic E-state index is 13.7. The first-order valence-electron chi connectivity index (χ1n) is 5.91. The Morgan fingerprint density at radius 2 is 2.00 bits per heavy atom. The number of hydrogen-bond acceptors (Lipinski definition) is 2. The lowest BCUT2D eigenvalue weighted by atomic mass is 9.86. The van der Waals surface area contributed by atoms with Crippen LogP contribution >= 0.6 is 12.4 Å². The molecule has 1 aromatic rings. The van der Waals surface area contributed by atoms with E-state index >= 15 is 0 Å². The van der Waals surface area contributed by atoms with Crippen molar-refractivity contribution >= 4 is 12.4 Å². The van der Waals surface area contributed by atoms with Crippen LogP contribution in [0.3, 0.4) is 0 Å². The summed E-state index contributed by atoms with van der Waals surface area (Å²) in [7, 11) is 0. The Morgan fingerprint density at radius 1 is 1.35 bits per heavy atom. The Hall–Kier alpha value is -0.640. The van der Waals surface area contributed by atoms with Crippen molar-refractivity contribution in [3.05, 3.63) is 35.1 Å². The van der Waals surface area contributed by atoms with E-state index in [-0.39, 0.29) is 24.3 Å². The smallest absolute Gasteiger partial charge is 0.127 e. The van der Waals surface area contributed by atoms with E-state index in [4.69, 9.17) is 5.73 Å². The fourth-order valence-electron chi connectivity index (χ4n) is 2.38. The SMILES string of the molecule is Cc1ccc(F)c([C@H](N)C2CCNCC2)c1.Cl. The number of piperidine rings is 1. The van der Waals surface area contributed by atoms with Gasteiger partial charge in [0.2, 0.25) is 0 Å². The molecular formula is C13H20ClFN2. The Kier molecular flexibility index (Phi) is 5.37. The van der Waals surface area contributed by atoms with Crippen LogP contribution in [-0.2, 0) is 0 Å². The molecule has 3 N–H and O–H groups in total. The molecular weight excluding hydrogens is 239 g/mol. The Morgan fingerprint density at radius 3 is 2.65 bits per heavy atom. The van der Waals surface area contributed by atoms with Crippen molar-refractivity contribution in [2.45, 2.75) is 25.8 Å². The number of nitrogens with two attached hydrogens (primary N) is 1. The Bertz CT molecular complexity index is 364. The van der Waals surface area contributed by atoms with Gasteiger partial charge in [-0.25, -0.2) is 4.39 Å². The number of benzene rings is 1. The Balaban J connectivity index is 0.00000144. The molecule has 0 saturated carbocycles. The number of aryl methyl sites for hydroxylation is 1. The average Bonchev–Trinajstić information content (AvgIpc) is 2.32. The van der Waals surface area contributed by atoms with E-state index < -0.39 is 0 Å². The summed E-state index contributed by atoms with van der Waals surface area (Å²) in [4.78, 5) is 0. The first kappa shape index (κ1) is 14.4. The minimum absolute atomic E-state index is 0. The maximum Gasteiger partial charge on any atom is 0.127 e. The molecule has 17 heavy (non-hydrogen) atoms. The lowest BCUT2D eigenvalue weighted by molar-refractivity contribution is 0.317. The molecule has 2 rings (SSSR count). The van der Waals surface area contributed by atoms with Crippen LogP contribution in [0.15, 0.2) is 18.2 Å². The van der Waals surface area contributed by atoms with Crippen LogP contribution in [0.2, 0.25) is 0 Å². The number of halogens is 2. The topological polar surface area (TPSA) is 38.0 Å². The minimum atomic E-state index is -0.170. The molecule has 1 heterocycles. The van der Waals surface area contributed by atoms with Gasteiger partial charge in [-0.1, -0.05) is 17.7 Å². The first-order valence-corrected chi connectivity index (χ1v) is 5.91. The van der Waals surface area contributed by atoms with Gasteiger partial charge in [-0.2, -0.15) is 0 Å². The lowest BCUT2D eigenvalue weighted by Gasteiger charge is -2.28. The van der Waals surface area contributed by atoms with Crippen LogP contribution in [0.4, 0.5) is 4.39 Å². The van der Waals surface area contributed by atoms with Gasteiger partial charge in [-0.05, 0) is 44.8 Å².